The maximum atomic E-state index is 11.8. The molecule has 96 valence electrons. The minimum atomic E-state index is -0.854. The lowest BCUT2D eigenvalue weighted by Crippen LogP contribution is -2.34. The number of aliphatic hydroxyl groups is 1. The predicted octanol–water partition coefficient (Wildman–Crippen LogP) is 0.275. The SMILES string of the molecule is COCCNCC(O)CS(=O)C1CCCC1. The standard InChI is InChI=1S/C11H23NO3S/c1-15-7-6-12-8-10(13)9-16(14)11-4-2-3-5-11/h10-13H,2-9H2,1H3. The number of methoxy groups -OCH3 is 1. The Hall–Kier alpha value is 0.0300. The van der Waals surface area contributed by atoms with Crippen LogP contribution in [0.25, 0.3) is 0 Å². The summed E-state index contributed by atoms with van der Waals surface area (Å²) in [5.74, 6) is 0.407. The van der Waals surface area contributed by atoms with E-state index in [0.717, 1.165) is 19.4 Å². The molecular weight excluding hydrogens is 226 g/mol. The summed E-state index contributed by atoms with van der Waals surface area (Å²) in [5, 5.41) is 13.1. The molecule has 0 aromatic carbocycles. The Kier molecular flexibility index (Phi) is 7.20. The topological polar surface area (TPSA) is 58.6 Å². The van der Waals surface area contributed by atoms with Crippen LogP contribution in [0.5, 0.6) is 0 Å². The number of hydrogen-bond donors (Lipinski definition) is 2. The normalized spacial score (nSPS) is 21.1. The second-order valence-electron chi connectivity index (χ2n) is 4.30. The molecular formula is C11H23NO3S. The molecule has 1 aliphatic carbocycles. The molecule has 2 atom stereocenters. The minimum Gasteiger partial charge on any atom is -0.391 e. The van der Waals surface area contributed by atoms with E-state index in [9.17, 15) is 9.32 Å². The van der Waals surface area contributed by atoms with Crippen LogP contribution in [0.15, 0.2) is 0 Å². The van der Waals surface area contributed by atoms with Gasteiger partial charge in [0.1, 0.15) is 0 Å². The predicted molar refractivity (Wildman–Crippen MR) is 66.0 cm³/mol. The number of rotatable bonds is 8. The molecule has 2 unspecified atom stereocenters. The van der Waals surface area contributed by atoms with Gasteiger partial charge in [-0.2, -0.15) is 0 Å². The second-order valence-corrected chi connectivity index (χ2v) is 6.07. The first-order valence-electron chi connectivity index (χ1n) is 5.99. The highest BCUT2D eigenvalue weighted by atomic mass is 32.2. The van der Waals surface area contributed by atoms with E-state index >= 15 is 0 Å². The van der Waals surface area contributed by atoms with E-state index in [2.05, 4.69) is 5.32 Å². The van der Waals surface area contributed by atoms with Crippen molar-refractivity contribution in [1.29, 1.82) is 0 Å². The summed E-state index contributed by atoms with van der Waals surface area (Å²) in [4.78, 5) is 0. The van der Waals surface area contributed by atoms with Crippen LogP contribution in [0.2, 0.25) is 0 Å². The highest BCUT2D eigenvalue weighted by Crippen LogP contribution is 2.23. The van der Waals surface area contributed by atoms with Crippen molar-refractivity contribution in [3.8, 4) is 0 Å². The Morgan fingerprint density at radius 2 is 2.19 bits per heavy atom. The zero-order chi connectivity index (χ0) is 11.8. The largest absolute Gasteiger partial charge is 0.391 e. The number of ether oxygens (including phenoxy) is 1. The fourth-order valence-electron chi connectivity index (χ4n) is 1.98. The van der Waals surface area contributed by atoms with Gasteiger partial charge in [-0.15, -0.1) is 0 Å². The van der Waals surface area contributed by atoms with Crippen molar-refractivity contribution in [2.24, 2.45) is 0 Å². The molecule has 0 heterocycles. The van der Waals surface area contributed by atoms with Crippen molar-refractivity contribution in [3.05, 3.63) is 0 Å². The van der Waals surface area contributed by atoms with Gasteiger partial charge in [-0.3, -0.25) is 4.21 Å². The van der Waals surface area contributed by atoms with Gasteiger partial charge in [0.2, 0.25) is 0 Å². The highest BCUT2D eigenvalue weighted by molar-refractivity contribution is 7.85. The summed E-state index contributed by atoms with van der Waals surface area (Å²) in [6.45, 7) is 1.86. The summed E-state index contributed by atoms with van der Waals surface area (Å²) in [6.07, 6.45) is 4.02. The van der Waals surface area contributed by atoms with Crippen molar-refractivity contribution < 1.29 is 14.1 Å². The molecule has 0 aliphatic heterocycles. The quantitative estimate of drug-likeness (QED) is 0.607. The van der Waals surface area contributed by atoms with E-state index in [1.54, 1.807) is 7.11 Å². The molecule has 1 saturated carbocycles. The lowest BCUT2D eigenvalue weighted by atomic mass is 10.4. The van der Waals surface area contributed by atoms with Gasteiger partial charge in [0.25, 0.3) is 0 Å². The summed E-state index contributed by atoms with van der Waals surface area (Å²) >= 11 is 0. The van der Waals surface area contributed by atoms with E-state index in [-0.39, 0.29) is 0 Å². The average molecular weight is 249 g/mol. The van der Waals surface area contributed by atoms with Crippen LogP contribution in [0.4, 0.5) is 0 Å². The first kappa shape index (κ1) is 14.1. The van der Waals surface area contributed by atoms with Gasteiger partial charge >= 0.3 is 0 Å². The summed E-state index contributed by atoms with van der Waals surface area (Å²) < 4.78 is 16.7. The van der Waals surface area contributed by atoms with Crippen LogP contribution in [-0.2, 0) is 15.5 Å². The highest BCUT2D eigenvalue weighted by Gasteiger charge is 2.22. The molecule has 1 fully saturated rings. The van der Waals surface area contributed by atoms with Crippen molar-refractivity contribution in [2.75, 3.05) is 32.6 Å². The summed E-state index contributed by atoms with van der Waals surface area (Å²) in [7, 11) is 0.792. The Morgan fingerprint density at radius 1 is 1.50 bits per heavy atom. The van der Waals surface area contributed by atoms with E-state index in [4.69, 9.17) is 4.74 Å². The molecule has 0 spiro atoms. The lowest BCUT2D eigenvalue weighted by molar-refractivity contribution is 0.174. The maximum Gasteiger partial charge on any atom is 0.0779 e. The monoisotopic (exact) mass is 249 g/mol. The maximum absolute atomic E-state index is 11.8. The Balaban J connectivity index is 2.08. The smallest absolute Gasteiger partial charge is 0.0779 e. The van der Waals surface area contributed by atoms with E-state index in [1.165, 1.54) is 12.8 Å². The fourth-order valence-corrected chi connectivity index (χ4v) is 3.61. The number of hydrogen-bond acceptors (Lipinski definition) is 4. The van der Waals surface area contributed by atoms with Gasteiger partial charge in [0, 0.05) is 36.2 Å². The molecule has 0 amide bonds. The van der Waals surface area contributed by atoms with Crippen LogP contribution in [0.3, 0.4) is 0 Å². The molecule has 0 bridgehead atoms. The number of nitrogens with one attached hydrogen (secondary N) is 1. The van der Waals surface area contributed by atoms with Crippen LogP contribution < -0.4 is 5.32 Å². The van der Waals surface area contributed by atoms with Gasteiger partial charge in [-0.1, -0.05) is 12.8 Å². The van der Waals surface area contributed by atoms with Gasteiger partial charge < -0.3 is 15.2 Å². The molecule has 5 heteroatoms. The Morgan fingerprint density at radius 3 is 2.81 bits per heavy atom. The minimum absolute atomic E-state index is 0.327. The third-order valence-corrected chi connectivity index (χ3v) is 4.82. The molecule has 1 rings (SSSR count). The average Bonchev–Trinajstić information content (AvgIpc) is 2.77. The lowest BCUT2D eigenvalue weighted by Gasteiger charge is -2.14. The Bertz CT molecular complexity index is 207. The van der Waals surface area contributed by atoms with Crippen molar-refractivity contribution in [1.82, 2.24) is 5.32 Å². The van der Waals surface area contributed by atoms with Gasteiger partial charge in [-0.25, -0.2) is 0 Å². The van der Waals surface area contributed by atoms with Gasteiger partial charge in [0.15, 0.2) is 0 Å². The number of aliphatic hydroxyl groups excluding tert-OH is 1. The summed E-state index contributed by atoms with van der Waals surface area (Å²) in [6, 6.07) is 0. The van der Waals surface area contributed by atoms with Crippen LogP contribution in [-0.4, -0.2) is 53.2 Å². The molecule has 16 heavy (non-hydrogen) atoms. The molecule has 2 N–H and O–H groups in total. The zero-order valence-corrected chi connectivity index (χ0v) is 10.8. The van der Waals surface area contributed by atoms with Crippen molar-refractivity contribution >= 4 is 10.8 Å². The molecule has 0 aromatic heterocycles. The van der Waals surface area contributed by atoms with E-state index in [1.807, 2.05) is 0 Å². The van der Waals surface area contributed by atoms with E-state index in [0.29, 0.717) is 24.2 Å². The fraction of sp³-hybridized carbons (Fsp3) is 1.00. The van der Waals surface area contributed by atoms with Crippen LogP contribution in [0, 0.1) is 0 Å². The first-order valence-corrected chi connectivity index (χ1v) is 7.37. The third-order valence-electron chi connectivity index (χ3n) is 2.89. The molecule has 0 radical (unpaired) electrons. The van der Waals surface area contributed by atoms with Crippen molar-refractivity contribution in [3.63, 3.8) is 0 Å². The molecule has 0 saturated heterocycles. The third kappa shape index (κ3) is 5.39. The molecule has 0 aromatic rings. The zero-order valence-electron chi connectivity index (χ0n) is 9.98. The van der Waals surface area contributed by atoms with Crippen LogP contribution >= 0.6 is 0 Å². The van der Waals surface area contributed by atoms with Gasteiger partial charge in [0.05, 0.1) is 18.5 Å². The molecule has 4 nitrogen and oxygen atoms in total. The second kappa shape index (κ2) is 8.17. The van der Waals surface area contributed by atoms with E-state index < -0.39 is 16.9 Å². The van der Waals surface area contributed by atoms with Crippen LogP contribution in [0.1, 0.15) is 25.7 Å². The first-order chi connectivity index (χ1) is 7.74. The Labute approximate surface area is 100 Å². The molecule has 1 aliphatic rings. The van der Waals surface area contributed by atoms with Gasteiger partial charge in [-0.05, 0) is 12.8 Å². The summed E-state index contributed by atoms with van der Waals surface area (Å²) in [5.41, 5.74) is 0. The van der Waals surface area contributed by atoms with Crippen molar-refractivity contribution in [2.45, 2.75) is 37.0 Å².